The van der Waals surface area contributed by atoms with Gasteiger partial charge in [0.1, 0.15) is 9.85 Å². The quantitative estimate of drug-likeness (QED) is 0.264. The van der Waals surface area contributed by atoms with Crippen molar-refractivity contribution >= 4 is 10.1 Å². The third-order valence-corrected chi connectivity index (χ3v) is 2.20. The molecular formula is C3H4F3N5O7S. The lowest BCUT2D eigenvalue weighted by Gasteiger charge is -2.15. The summed E-state index contributed by atoms with van der Waals surface area (Å²) in [6.07, 6.45) is 0. The Bertz CT molecular complexity index is 509. The van der Waals surface area contributed by atoms with Gasteiger partial charge in [-0.1, -0.05) is 0 Å². The van der Waals surface area contributed by atoms with E-state index in [4.69, 9.17) is 0 Å². The number of nitrogens with two attached hydrogens (primary N) is 2. The van der Waals surface area contributed by atoms with Gasteiger partial charge in [-0.15, -0.1) is 9.46 Å². The highest BCUT2D eigenvalue weighted by molar-refractivity contribution is 7.87. The fraction of sp³-hybridized carbons (Fsp3) is 0.333. The first-order valence-electron chi connectivity index (χ1n) is 3.65. The van der Waals surface area contributed by atoms with E-state index in [1.165, 1.54) is 0 Å². The molecule has 0 aliphatic rings. The van der Waals surface area contributed by atoms with Crippen LogP contribution in [-0.4, -0.2) is 28.9 Å². The SMILES string of the molecule is NC(=C([N+](=O)[O-])[N+](=O)[O-])N(N)OS(=O)(=O)C(F)(F)F. The number of alkyl halides is 3. The van der Waals surface area contributed by atoms with Crippen molar-refractivity contribution < 1.29 is 35.7 Å². The molecule has 0 radical (unpaired) electrons. The van der Waals surface area contributed by atoms with E-state index in [1.54, 1.807) is 0 Å². The van der Waals surface area contributed by atoms with Crippen molar-refractivity contribution in [1.82, 2.24) is 5.17 Å². The molecule has 0 aliphatic heterocycles. The van der Waals surface area contributed by atoms with Gasteiger partial charge in [-0.05, 0) is 0 Å². The molecule has 0 atom stereocenters. The summed E-state index contributed by atoms with van der Waals surface area (Å²) < 4.78 is 59.6. The number of nitrogens with zero attached hydrogens (tertiary/aromatic N) is 3. The summed E-state index contributed by atoms with van der Waals surface area (Å²) in [5, 5.41) is 19.4. The van der Waals surface area contributed by atoms with E-state index in [0.717, 1.165) is 0 Å². The summed E-state index contributed by atoms with van der Waals surface area (Å²) in [7, 11) is -6.29. The summed E-state index contributed by atoms with van der Waals surface area (Å²) in [5.74, 6) is 0.686. The Morgan fingerprint density at radius 2 is 1.58 bits per heavy atom. The van der Waals surface area contributed by atoms with E-state index >= 15 is 0 Å². The molecule has 0 aliphatic carbocycles. The zero-order valence-corrected chi connectivity index (χ0v) is 9.21. The highest BCUT2D eigenvalue weighted by Crippen LogP contribution is 2.25. The maximum Gasteiger partial charge on any atom is 0.603 e. The van der Waals surface area contributed by atoms with Crippen LogP contribution in [0.4, 0.5) is 13.2 Å². The number of hydrogen-bond acceptors (Lipinski definition) is 10. The van der Waals surface area contributed by atoms with Crippen LogP contribution in [0.25, 0.3) is 0 Å². The van der Waals surface area contributed by atoms with Gasteiger partial charge in [0.2, 0.25) is 0 Å². The molecule has 0 spiro atoms. The van der Waals surface area contributed by atoms with Gasteiger partial charge in [-0.3, -0.25) is 20.2 Å². The van der Waals surface area contributed by atoms with Crippen molar-refractivity contribution in [3.8, 4) is 0 Å². The molecule has 19 heavy (non-hydrogen) atoms. The Morgan fingerprint density at radius 3 is 1.84 bits per heavy atom. The molecule has 0 heterocycles. The van der Waals surface area contributed by atoms with Crippen LogP contribution in [0.2, 0.25) is 0 Å². The van der Waals surface area contributed by atoms with Gasteiger partial charge in [0.15, 0.2) is 0 Å². The minimum Gasteiger partial charge on any atom is -0.371 e. The Balaban J connectivity index is 5.47. The average Bonchev–Trinajstić information content (AvgIpc) is 2.13. The minimum absolute atomic E-state index is 0.955. The number of nitro groups is 2. The third-order valence-electron chi connectivity index (χ3n) is 1.27. The first-order chi connectivity index (χ1) is 8.31. The van der Waals surface area contributed by atoms with E-state index in [1.807, 2.05) is 0 Å². The van der Waals surface area contributed by atoms with E-state index in [0.29, 0.717) is 0 Å². The molecular weight excluding hydrogens is 307 g/mol. The van der Waals surface area contributed by atoms with Gasteiger partial charge in [0.05, 0.1) is 0 Å². The van der Waals surface area contributed by atoms with Crippen molar-refractivity contribution in [2.75, 3.05) is 0 Å². The van der Waals surface area contributed by atoms with Crippen LogP contribution in [0, 0.1) is 20.2 Å². The first kappa shape index (κ1) is 16.8. The monoisotopic (exact) mass is 311 g/mol. The minimum atomic E-state index is -6.29. The van der Waals surface area contributed by atoms with Crippen molar-refractivity contribution in [2.24, 2.45) is 11.6 Å². The number of hydroxylamine groups is 1. The van der Waals surface area contributed by atoms with Crippen molar-refractivity contribution in [1.29, 1.82) is 0 Å². The summed E-state index contributed by atoms with van der Waals surface area (Å²) in [6.45, 7) is 0. The number of halogens is 3. The molecule has 0 saturated carbocycles. The molecule has 0 aromatic heterocycles. The number of hydrazine groups is 1. The predicted molar refractivity (Wildman–Crippen MR) is 47.3 cm³/mol. The number of hydrogen-bond donors (Lipinski definition) is 2. The molecule has 110 valence electrons. The lowest BCUT2D eigenvalue weighted by atomic mass is 10.7. The fourth-order valence-corrected chi connectivity index (χ4v) is 0.917. The molecule has 0 unspecified atom stereocenters. The maximum absolute atomic E-state index is 11.9. The molecule has 0 aromatic rings. The summed E-state index contributed by atoms with van der Waals surface area (Å²) >= 11 is 0. The molecule has 0 amide bonds. The molecule has 0 fully saturated rings. The zero-order chi connectivity index (χ0) is 15.6. The van der Waals surface area contributed by atoms with E-state index in [2.05, 4.69) is 15.9 Å². The Morgan fingerprint density at radius 1 is 1.21 bits per heavy atom. The van der Waals surface area contributed by atoms with Gasteiger partial charge in [0.25, 0.3) is 0 Å². The fourth-order valence-electron chi connectivity index (χ4n) is 0.540. The van der Waals surface area contributed by atoms with Gasteiger partial charge < -0.3 is 5.73 Å². The second kappa shape index (κ2) is 5.20. The van der Waals surface area contributed by atoms with Crippen LogP contribution < -0.4 is 11.6 Å². The topological polar surface area (TPSA) is 185 Å². The van der Waals surface area contributed by atoms with Gasteiger partial charge in [-0.25, -0.2) is 5.84 Å². The van der Waals surface area contributed by atoms with E-state index in [9.17, 15) is 41.8 Å². The standard InChI is InChI=1S/C3H4F3N5O7S/c4-3(5,6)19(16,17)18-9(8)1(7)2(10(12)13)11(14)15/h7-8H2. The molecule has 0 bridgehead atoms. The Labute approximate surface area is 101 Å². The summed E-state index contributed by atoms with van der Waals surface area (Å²) in [4.78, 5) is 16.9. The first-order valence-corrected chi connectivity index (χ1v) is 5.06. The smallest absolute Gasteiger partial charge is 0.371 e. The van der Waals surface area contributed by atoms with E-state index < -0.39 is 42.3 Å². The van der Waals surface area contributed by atoms with Crippen molar-refractivity contribution in [3.63, 3.8) is 0 Å². The highest BCUT2D eigenvalue weighted by atomic mass is 32.2. The van der Waals surface area contributed by atoms with Crippen LogP contribution in [0.5, 0.6) is 0 Å². The van der Waals surface area contributed by atoms with Crippen LogP contribution in [0.3, 0.4) is 0 Å². The highest BCUT2D eigenvalue weighted by Gasteiger charge is 2.50. The number of rotatable bonds is 5. The third kappa shape index (κ3) is 3.89. The van der Waals surface area contributed by atoms with Crippen LogP contribution in [-0.2, 0) is 14.4 Å². The normalized spacial score (nSPS) is 11.8. The second-order valence-corrected chi connectivity index (χ2v) is 4.04. The average molecular weight is 311 g/mol. The van der Waals surface area contributed by atoms with E-state index in [-0.39, 0.29) is 0 Å². The molecule has 4 N–H and O–H groups in total. The Hall–Kier alpha value is -2.20. The van der Waals surface area contributed by atoms with Crippen LogP contribution in [0.1, 0.15) is 0 Å². The predicted octanol–water partition coefficient (Wildman–Crippen LogP) is -1.42. The molecule has 0 rings (SSSR count). The lowest BCUT2D eigenvalue weighted by molar-refractivity contribution is -0.619. The maximum atomic E-state index is 11.9. The van der Waals surface area contributed by atoms with Gasteiger partial charge in [0, 0.05) is 0 Å². The van der Waals surface area contributed by atoms with Crippen molar-refractivity contribution in [2.45, 2.75) is 5.51 Å². The molecule has 12 nitrogen and oxygen atoms in total. The largest absolute Gasteiger partial charge is 0.603 e. The second-order valence-electron chi connectivity index (χ2n) is 2.52. The lowest BCUT2D eigenvalue weighted by Crippen LogP contribution is -2.42. The van der Waals surface area contributed by atoms with Gasteiger partial charge >= 0.3 is 27.3 Å². The summed E-state index contributed by atoms with van der Waals surface area (Å²) in [5.41, 5.74) is -1.25. The van der Waals surface area contributed by atoms with Gasteiger partial charge in [-0.2, -0.15) is 21.6 Å². The molecule has 16 heteroatoms. The van der Waals surface area contributed by atoms with Crippen LogP contribution >= 0.6 is 0 Å². The Kier molecular flexibility index (Phi) is 4.60. The zero-order valence-electron chi connectivity index (χ0n) is 8.40. The summed E-state index contributed by atoms with van der Waals surface area (Å²) in [6, 6.07) is 0. The molecule has 0 aromatic carbocycles. The van der Waals surface area contributed by atoms with Crippen molar-refractivity contribution in [3.05, 3.63) is 31.9 Å². The van der Waals surface area contributed by atoms with Crippen LogP contribution in [0.15, 0.2) is 11.6 Å². The molecule has 0 saturated heterocycles.